The predicted molar refractivity (Wildman–Crippen MR) is 79.6 cm³/mol. The maximum atomic E-state index is 12.2. The van der Waals surface area contributed by atoms with Crippen LogP contribution in [0, 0.1) is 11.3 Å². The number of hydrogen-bond donors (Lipinski definition) is 4. The number of urea groups is 1. The van der Waals surface area contributed by atoms with E-state index in [0.29, 0.717) is 6.42 Å². The van der Waals surface area contributed by atoms with E-state index in [1.54, 1.807) is 13.8 Å². The summed E-state index contributed by atoms with van der Waals surface area (Å²) in [4.78, 5) is 34.1. The Bertz CT molecular complexity index is 388. The van der Waals surface area contributed by atoms with Gasteiger partial charge in [0.25, 0.3) is 0 Å². The minimum atomic E-state index is -0.978. The molecule has 0 bridgehead atoms. The average Bonchev–Trinajstić information content (AvgIpc) is 2.21. The number of aliphatic carboxylic acids is 1. The van der Waals surface area contributed by atoms with Crippen LogP contribution in [-0.2, 0) is 9.59 Å². The molecule has 122 valence electrons. The monoisotopic (exact) mass is 301 g/mol. The molecule has 0 aromatic carbocycles. The number of carbonyl (C=O) groups excluding carboxylic acids is 2. The van der Waals surface area contributed by atoms with Gasteiger partial charge < -0.3 is 21.5 Å². The van der Waals surface area contributed by atoms with Gasteiger partial charge in [-0.1, -0.05) is 34.6 Å². The van der Waals surface area contributed by atoms with Crippen molar-refractivity contribution in [3.8, 4) is 0 Å². The number of nitrogens with one attached hydrogen (secondary N) is 2. The summed E-state index contributed by atoms with van der Waals surface area (Å²) in [6.07, 6.45) is 0.358. The summed E-state index contributed by atoms with van der Waals surface area (Å²) in [6, 6.07) is -2.06. The molecule has 0 saturated heterocycles. The highest BCUT2D eigenvalue weighted by Gasteiger charge is 2.28. The molecule has 7 nitrogen and oxygen atoms in total. The highest BCUT2D eigenvalue weighted by Crippen LogP contribution is 2.22. The summed E-state index contributed by atoms with van der Waals surface area (Å²) in [7, 11) is 0. The normalized spacial score (nSPS) is 14.4. The topological polar surface area (TPSA) is 122 Å². The van der Waals surface area contributed by atoms with Crippen molar-refractivity contribution in [1.29, 1.82) is 0 Å². The number of carboxylic acid groups (broad SMARTS) is 1. The Morgan fingerprint density at radius 3 is 2.00 bits per heavy atom. The number of primary amides is 1. The van der Waals surface area contributed by atoms with E-state index >= 15 is 0 Å². The van der Waals surface area contributed by atoms with Crippen molar-refractivity contribution in [1.82, 2.24) is 10.6 Å². The Morgan fingerprint density at radius 2 is 1.67 bits per heavy atom. The molecular formula is C14H27N3O4. The lowest BCUT2D eigenvalue weighted by Gasteiger charge is -2.28. The van der Waals surface area contributed by atoms with Gasteiger partial charge in [-0.3, -0.25) is 9.59 Å². The standard InChI is InChI=1S/C14H27N3O4/c1-8(2)11(17-13(15)21)12(20)16-9(6-10(18)19)7-14(3,4)5/h8-9,11H,6-7H2,1-5H3,(H,16,20)(H,18,19)(H3,15,17,21). The van der Waals surface area contributed by atoms with Crippen molar-refractivity contribution < 1.29 is 19.5 Å². The molecule has 0 aromatic rings. The lowest BCUT2D eigenvalue weighted by Crippen LogP contribution is -2.54. The number of carboxylic acids is 1. The summed E-state index contributed by atoms with van der Waals surface area (Å²) in [5, 5.41) is 14.0. The molecule has 2 atom stereocenters. The van der Waals surface area contributed by atoms with Crippen LogP contribution in [0.4, 0.5) is 4.79 Å². The molecular weight excluding hydrogens is 274 g/mol. The van der Waals surface area contributed by atoms with E-state index in [-0.39, 0.29) is 17.8 Å². The first-order chi connectivity index (χ1) is 9.42. The van der Waals surface area contributed by atoms with Gasteiger partial charge in [-0.25, -0.2) is 4.79 Å². The minimum Gasteiger partial charge on any atom is -0.481 e. The third-order valence-corrected chi connectivity index (χ3v) is 2.87. The Morgan fingerprint density at radius 1 is 1.14 bits per heavy atom. The van der Waals surface area contributed by atoms with Crippen LogP contribution in [0.1, 0.15) is 47.5 Å². The zero-order chi connectivity index (χ0) is 16.8. The molecule has 7 heteroatoms. The van der Waals surface area contributed by atoms with Crippen LogP contribution in [0.2, 0.25) is 0 Å². The highest BCUT2D eigenvalue weighted by atomic mass is 16.4. The maximum absolute atomic E-state index is 12.2. The summed E-state index contributed by atoms with van der Waals surface area (Å²) >= 11 is 0. The number of nitrogens with two attached hydrogens (primary N) is 1. The Kier molecular flexibility index (Phi) is 7.18. The smallest absolute Gasteiger partial charge is 0.312 e. The van der Waals surface area contributed by atoms with Crippen molar-refractivity contribution in [3.63, 3.8) is 0 Å². The van der Waals surface area contributed by atoms with Gasteiger partial charge in [-0.05, 0) is 17.8 Å². The molecule has 5 N–H and O–H groups in total. The first-order valence-corrected chi connectivity index (χ1v) is 7.00. The fourth-order valence-corrected chi connectivity index (χ4v) is 2.10. The molecule has 21 heavy (non-hydrogen) atoms. The number of rotatable bonds is 7. The number of hydrogen-bond acceptors (Lipinski definition) is 3. The Balaban J connectivity index is 4.90. The van der Waals surface area contributed by atoms with Crippen molar-refractivity contribution >= 4 is 17.9 Å². The fourth-order valence-electron chi connectivity index (χ4n) is 2.10. The van der Waals surface area contributed by atoms with Gasteiger partial charge in [0.1, 0.15) is 6.04 Å². The second kappa shape index (κ2) is 7.85. The molecule has 0 spiro atoms. The Labute approximate surface area is 125 Å². The molecule has 0 rings (SSSR count). The van der Waals surface area contributed by atoms with E-state index in [0.717, 1.165) is 0 Å². The van der Waals surface area contributed by atoms with Crippen LogP contribution >= 0.6 is 0 Å². The lowest BCUT2D eigenvalue weighted by molar-refractivity contribution is -0.138. The largest absolute Gasteiger partial charge is 0.481 e. The summed E-state index contributed by atoms with van der Waals surface area (Å²) in [5.74, 6) is -1.55. The van der Waals surface area contributed by atoms with E-state index < -0.39 is 30.0 Å². The second-order valence-corrected chi connectivity index (χ2v) is 6.80. The van der Waals surface area contributed by atoms with E-state index in [1.807, 2.05) is 20.8 Å². The van der Waals surface area contributed by atoms with Crippen LogP contribution in [-0.4, -0.2) is 35.1 Å². The quantitative estimate of drug-likeness (QED) is 0.562. The van der Waals surface area contributed by atoms with Gasteiger partial charge in [0.05, 0.1) is 6.42 Å². The van der Waals surface area contributed by atoms with Crippen LogP contribution in [0.25, 0.3) is 0 Å². The highest BCUT2D eigenvalue weighted by molar-refractivity contribution is 5.87. The molecule has 0 saturated carbocycles. The molecule has 2 unspecified atom stereocenters. The summed E-state index contributed by atoms with van der Waals surface area (Å²) in [6.45, 7) is 9.45. The van der Waals surface area contributed by atoms with Crippen molar-refractivity contribution in [2.75, 3.05) is 0 Å². The van der Waals surface area contributed by atoms with Gasteiger partial charge in [0.2, 0.25) is 5.91 Å². The van der Waals surface area contributed by atoms with E-state index in [9.17, 15) is 14.4 Å². The molecule has 0 aromatic heterocycles. The zero-order valence-electron chi connectivity index (χ0n) is 13.4. The minimum absolute atomic E-state index is 0.127. The van der Waals surface area contributed by atoms with E-state index in [4.69, 9.17) is 10.8 Å². The Hall–Kier alpha value is -1.79. The third kappa shape index (κ3) is 8.88. The summed E-state index contributed by atoms with van der Waals surface area (Å²) in [5.41, 5.74) is 4.93. The SMILES string of the molecule is CC(C)C(NC(N)=O)C(=O)NC(CC(=O)O)CC(C)(C)C. The second-order valence-electron chi connectivity index (χ2n) is 6.80. The van der Waals surface area contributed by atoms with E-state index in [2.05, 4.69) is 10.6 Å². The molecule has 0 aliphatic heterocycles. The van der Waals surface area contributed by atoms with Gasteiger partial charge in [-0.2, -0.15) is 0 Å². The number of amides is 3. The maximum Gasteiger partial charge on any atom is 0.312 e. The van der Waals surface area contributed by atoms with Crippen LogP contribution in [0.15, 0.2) is 0 Å². The molecule has 0 radical (unpaired) electrons. The molecule has 0 heterocycles. The molecule has 0 fully saturated rings. The molecule has 3 amide bonds. The van der Waals surface area contributed by atoms with Gasteiger partial charge >= 0.3 is 12.0 Å². The van der Waals surface area contributed by atoms with Crippen LogP contribution < -0.4 is 16.4 Å². The summed E-state index contributed by atoms with van der Waals surface area (Å²) < 4.78 is 0. The molecule has 0 aliphatic carbocycles. The van der Waals surface area contributed by atoms with E-state index in [1.165, 1.54) is 0 Å². The van der Waals surface area contributed by atoms with Gasteiger partial charge in [0, 0.05) is 6.04 Å². The van der Waals surface area contributed by atoms with Crippen molar-refractivity contribution in [2.24, 2.45) is 17.1 Å². The fraction of sp³-hybridized carbons (Fsp3) is 0.786. The van der Waals surface area contributed by atoms with Crippen LogP contribution in [0.3, 0.4) is 0 Å². The average molecular weight is 301 g/mol. The first-order valence-electron chi connectivity index (χ1n) is 7.00. The molecule has 0 aliphatic rings. The lowest BCUT2D eigenvalue weighted by atomic mass is 9.86. The predicted octanol–water partition coefficient (Wildman–Crippen LogP) is 1.08. The van der Waals surface area contributed by atoms with Crippen molar-refractivity contribution in [3.05, 3.63) is 0 Å². The zero-order valence-corrected chi connectivity index (χ0v) is 13.4. The van der Waals surface area contributed by atoms with Gasteiger partial charge in [0.15, 0.2) is 0 Å². The van der Waals surface area contributed by atoms with Crippen molar-refractivity contribution in [2.45, 2.75) is 59.5 Å². The first kappa shape index (κ1) is 19.2. The van der Waals surface area contributed by atoms with Gasteiger partial charge in [-0.15, -0.1) is 0 Å². The number of carbonyl (C=O) groups is 3. The third-order valence-electron chi connectivity index (χ3n) is 2.87. The van der Waals surface area contributed by atoms with Crippen LogP contribution in [0.5, 0.6) is 0 Å².